The predicted molar refractivity (Wildman–Crippen MR) is 108 cm³/mol. The Bertz CT molecular complexity index is 1010. The molecule has 0 bridgehead atoms. The lowest BCUT2D eigenvalue weighted by Crippen LogP contribution is -2.51. The van der Waals surface area contributed by atoms with E-state index >= 15 is 0 Å². The second kappa shape index (κ2) is 7.68. The number of nitrogens with one attached hydrogen (secondary N) is 1. The zero-order valence-corrected chi connectivity index (χ0v) is 15.3. The SMILES string of the molecule is O=C(Nc1ccc2ccccc2c1)C(=O)N1CCN(c2ccc(F)cc2)CC1. The number of carbonyl (C=O) groups is 2. The van der Waals surface area contributed by atoms with Crippen molar-refractivity contribution in [1.82, 2.24) is 4.90 Å². The molecule has 0 spiro atoms. The number of piperazine rings is 1. The number of amides is 2. The van der Waals surface area contributed by atoms with Gasteiger partial charge >= 0.3 is 11.8 Å². The molecule has 0 saturated carbocycles. The maximum absolute atomic E-state index is 13.1. The third kappa shape index (κ3) is 3.81. The van der Waals surface area contributed by atoms with Crippen LogP contribution in [-0.2, 0) is 9.59 Å². The number of hydrogen-bond acceptors (Lipinski definition) is 3. The Hall–Kier alpha value is -3.41. The molecule has 0 aliphatic carbocycles. The molecule has 28 heavy (non-hydrogen) atoms. The molecular weight excluding hydrogens is 357 g/mol. The average Bonchev–Trinajstić information content (AvgIpc) is 2.74. The Labute approximate surface area is 162 Å². The molecule has 1 aliphatic heterocycles. The minimum Gasteiger partial charge on any atom is -0.368 e. The summed E-state index contributed by atoms with van der Waals surface area (Å²) >= 11 is 0. The van der Waals surface area contributed by atoms with E-state index in [0.29, 0.717) is 31.9 Å². The molecule has 3 aromatic carbocycles. The van der Waals surface area contributed by atoms with Crippen LogP contribution in [0.1, 0.15) is 0 Å². The van der Waals surface area contributed by atoms with Gasteiger partial charge < -0.3 is 15.1 Å². The fourth-order valence-electron chi connectivity index (χ4n) is 3.41. The van der Waals surface area contributed by atoms with Gasteiger partial charge in [0.15, 0.2) is 0 Å². The van der Waals surface area contributed by atoms with Crippen molar-refractivity contribution in [2.45, 2.75) is 0 Å². The molecule has 1 fully saturated rings. The number of anilines is 2. The van der Waals surface area contributed by atoms with Crippen LogP contribution in [0.4, 0.5) is 15.8 Å². The summed E-state index contributed by atoms with van der Waals surface area (Å²) < 4.78 is 13.1. The smallest absolute Gasteiger partial charge is 0.313 e. The Balaban J connectivity index is 1.36. The minimum atomic E-state index is -0.634. The summed E-state index contributed by atoms with van der Waals surface area (Å²) in [5.41, 5.74) is 1.51. The van der Waals surface area contributed by atoms with Crippen LogP contribution < -0.4 is 10.2 Å². The van der Waals surface area contributed by atoms with Crippen LogP contribution in [0.2, 0.25) is 0 Å². The first-order valence-electron chi connectivity index (χ1n) is 9.20. The van der Waals surface area contributed by atoms with Gasteiger partial charge in [-0.25, -0.2) is 4.39 Å². The molecule has 3 aromatic rings. The first-order valence-corrected chi connectivity index (χ1v) is 9.20. The number of nitrogens with zero attached hydrogens (tertiary/aromatic N) is 2. The molecule has 0 radical (unpaired) electrons. The topological polar surface area (TPSA) is 52.7 Å². The summed E-state index contributed by atoms with van der Waals surface area (Å²) in [5.74, 6) is -1.44. The lowest BCUT2D eigenvalue weighted by atomic mass is 10.1. The molecule has 1 N–H and O–H groups in total. The van der Waals surface area contributed by atoms with Crippen LogP contribution >= 0.6 is 0 Å². The van der Waals surface area contributed by atoms with Crippen molar-refractivity contribution in [3.63, 3.8) is 0 Å². The molecular formula is C22H20FN3O2. The van der Waals surface area contributed by atoms with Gasteiger partial charge in [-0.1, -0.05) is 30.3 Å². The van der Waals surface area contributed by atoms with Crippen LogP contribution in [0.3, 0.4) is 0 Å². The van der Waals surface area contributed by atoms with Gasteiger partial charge in [-0.15, -0.1) is 0 Å². The first kappa shape index (κ1) is 18.0. The Morgan fingerprint density at radius 3 is 2.21 bits per heavy atom. The Kier molecular flexibility index (Phi) is 4.93. The van der Waals surface area contributed by atoms with Gasteiger partial charge in [0, 0.05) is 37.6 Å². The van der Waals surface area contributed by atoms with Gasteiger partial charge in [0.25, 0.3) is 0 Å². The summed E-state index contributed by atoms with van der Waals surface area (Å²) in [5, 5.41) is 4.77. The Morgan fingerprint density at radius 2 is 1.50 bits per heavy atom. The molecule has 4 rings (SSSR count). The van der Waals surface area contributed by atoms with E-state index in [2.05, 4.69) is 10.2 Å². The fourth-order valence-corrected chi connectivity index (χ4v) is 3.41. The van der Waals surface area contributed by atoms with E-state index in [1.807, 2.05) is 36.4 Å². The largest absolute Gasteiger partial charge is 0.368 e. The van der Waals surface area contributed by atoms with E-state index in [-0.39, 0.29) is 5.82 Å². The second-order valence-corrected chi connectivity index (χ2v) is 6.77. The molecule has 142 valence electrons. The van der Waals surface area contributed by atoms with Crippen LogP contribution in [0.15, 0.2) is 66.7 Å². The number of carbonyl (C=O) groups excluding carboxylic acids is 2. The van der Waals surface area contributed by atoms with Crippen molar-refractivity contribution in [3.8, 4) is 0 Å². The van der Waals surface area contributed by atoms with E-state index in [4.69, 9.17) is 0 Å². The van der Waals surface area contributed by atoms with Gasteiger partial charge in [-0.3, -0.25) is 9.59 Å². The number of fused-ring (bicyclic) bond motifs is 1. The van der Waals surface area contributed by atoms with Crippen LogP contribution in [0, 0.1) is 5.82 Å². The monoisotopic (exact) mass is 377 g/mol. The van der Waals surface area contributed by atoms with E-state index in [0.717, 1.165) is 16.5 Å². The number of benzene rings is 3. The number of rotatable bonds is 2. The van der Waals surface area contributed by atoms with Gasteiger partial charge in [0.1, 0.15) is 5.82 Å². The Morgan fingerprint density at radius 1 is 0.821 bits per heavy atom. The fraction of sp³-hybridized carbons (Fsp3) is 0.182. The summed E-state index contributed by atoms with van der Waals surface area (Å²) in [6, 6.07) is 19.7. The lowest BCUT2D eigenvalue weighted by Gasteiger charge is -2.35. The molecule has 1 aliphatic rings. The molecule has 5 nitrogen and oxygen atoms in total. The van der Waals surface area contributed by atoms with Crippen molar-refractivity contribution in [2.24, 2.45) is 0 Å². The summed E-state index contributed by atoms with van der Waals surface area (Å²) in [6.45, 7) is 2.09. The molecule has 0 aromatic heterocycles. The van der Waals surface area contributed by atoms with Crippen LogP contribution in [0.5, 0.6) is 0 Å². The molecule has 2 amide bonds. The lowest BCUT2D eigenvalue weighted by molar-refractivity contribution is -0.143. The molecule has 6 heteroatoms. The predicted octanol–water partition coefficient (Wildman–Crippen LogP) is 3.27. The third-order valence-corrected chi connectivity index (χ3v) is 4.96. The van der Waals surface area contributed by atoms with E-state index < -0.39 is 11.8 Å². The van der Waals surface area contributed by atoms with E-state index in [9.17, 15) is 14.0 Å². The van der Waals surface area contributed by atoms with Crippen molar-refractivity contribution in [1.29, 1.82) is 0 Å². The molecule has 1 saturated heterocycles. The number of hydrogen-bond donors (Lipinski definition) is 1. The zero-order valence-electron chi connectivity index (χ0n) is 15.3. The second-order valence-electron chi connectivity index (χ2n) is 6.77. The minimum absolute atomic E-state index is 0.275. The normalized spacial score (nSPS) is 14.2. The van der Waals surface area contributed by atoms with Gasteiger partial charge in [0.2, 0.25) is 0 Å². The summed E-state index contributed by atoms with van der Waals surface area (Å²) in [6.07, 6.45) is 0. The van der Waals surface area contributed by atoms with Gasteiger partial charge in [-0.2, -0.15) is 0 Å². The molecule has 0 atom stereocenters. The first-order chi connectivity index (χ1) is 13.6. The summed E-state index contributed by atoms with van der Waals surface area (Å²) in [7, 11) is 0. The standard InChI is InChI=1S/C22H20FN3O2/c23-18-6-9-20(10-7-18)25-11-13-26(14-12-25)22(28)21(27)24-19-8-5-16-3-1-2-4-17(16)15-19/h1-10,15H,11-14H2,(H,24,27). The average molecular weight is 377 g/mol. The van der Waals surface area contributed by atoms with Crippen molar-refractivity contribution >= 4 is 34.0 Å². The quantitative estimate of drug-likeness (QED) is 0.698. The van der Waals surface area contributed by atoms with Crippen molar-refractivity contribution in [2.75, 3.05) is 36.4 Å². The highest BCUT2D eigenvalue weighted by molar-refractivity contribution is 6.39. The molecule has 1 heterocycles. The third-order valence-electron chi connectivity index (χ3n) is 4.96. The zero-order chi connectivity index (χ0) is 19.5. The highest BCUT2D eigenvalue weighted by atomic mass is 19.1. The van der Waals surface area contributed by atoms with Gasteiger partial charge in [-0.05, 0) is 47.2 Å². The van der Waals surface area contributed by atoms with E-state index in [1.54, 1.807) is 23.1 Å². The number of halogens is 1. The maximum atomic E-state index is 13.1. The van der Waals surface area contributed by atoms with Crippen molar-refractivity contribution < 1.29 is 14.0 Å². The van der Waals surface area contributed by atoms with E-state index in [1.165, 1.54) is 12.1 Å². The summed E-state index contributed by atoms with van der Waals surface area (Å²) in [4.78, 5) is 28.5. The maximum Gasteiger partial charge on any atom is 0.313 e. The van der Waals surface area contributed by atoms with Gasteiger partial charge in [0.05, 0.1) is 0 Å². The van der Waals surface area contributed by atoms with Crippen LogP contribution in [-0.4, -0.2) is 42.9 Å². The van der Waals surface area contributed by atoms with Crippen LogP contribution in [0.25, 0.3) is 10.8 Å². The van der Waals surface area contributed by atoms with Crippen molar-refractivity contribution in [3.05, 3.63) is 72.5 Å². The highest BCUT2D eigenvalue weighted by Gasteiger charge is 2.26. The molecule has 0 unspecified atom stereocenters. The highest BCUT2D eigenvalue weighted by Crippen LogP contribution is 2.20.